The van der Waals surface area contributed by atoms with Gasteiger partial charge in [-0.15, -0.1) is 0 Å². The van der Waals surface area contributed by atoms with Gasteiger partial charge in [-0.3, -0.25) is 14.3 Å². The van der Waals surface area contributed by atoms with Gasteiger partial charge in [-0.05, 0) is 24.3 Å². The van der Waals surface area contributed by atoms with Crippen molar-refractivity contribution in [2.75, 3.05) is 23.7 Å². The summed E-state index contributed by atoms with van der Waals surface area (Å²) in [6.07, 6.45) is 1.27. The minimum atomic E-state index is -3.88. The minimum absolute atomic E-state index is 0.00608. The van der Waals surface area contributed by atoms with Gasteiger partial charge >= 0.3 is 0 Å². The lowest BCUT2D eigenvalue weighted by Gasteiger charge is -2.19. The number of hydrogen-bond acceptors (Lipinski definition) is 8. The molecule has 0 radical (unpaired) electrons. The molecule has 1 N–H and O–H groups in total. The molecule has 0 amide bonds. The summed E-state index contributed by atoms with van der Waals surface area (Å²) in [6, 6.07) is 7.17. The number of carbonyl (C=O) groups excluding carboxylic acids is 2. The zero-order valence-corrected chi connectivity index (χ0v) is 15.9. The lowest BCUT2D eigenvalue weighted by atomic mass is 10.2. The summed E-state index contributed by atoms with van der Waals surface area (Å²) >= 11 is 0.907. The third kappa shape index (κ3) is 4.77. The molecule has 0 bridgehead atoms. The van der Waals surface area contributed by atoms with Gasteiger partial charge in [0, 0.05) is 24.8 Å². The molecule has 1 aromatic carbocycles. The van der Waals surface area contributed by atoms with Crippen molar-refractivity contribution in [2.24, 2.45) is 0 Å². The van der Waals surface area contributed by atoms with Crippen LogP contribution in [0, 0.1) is 0 Å². The van der Waals surface area contributed by atoms with Crippen LogP contribution in [-0.4, -0.2) is 43.3 Å². The van der Waals surface area contributed by atoms with Gasteiger partial charge in [0.2, 0.25) is 0 Å². The average molecular weight is 408 g/mol. The van der Waals surface area contributed by atoms with Crippen molar-refractivity contribution in [3.05, 3.63) is 42.1 Å². The Bertz CT molecular complexity index is 973. The number of hydrogen-bond donors (Lipinski definition) is 1. The van der Waals surface area contributed by atoms with E-state index in [0.717, 1.165) is 11.8 Å². The van der Waals surface area contributed by atoms with Crippen molar-refractivity contribution in [2.45, 2.75) is 11.8 Å². The van der Waals surface area contributed by atoms with E-state index in [0.29, 0.717) is 30.3 Å². The number of thioether (sulfide) groups is 1. The molecule has 0 aliphatic carbocycles. The Morgan fingerprint density at radius 2 is 1.89 bits per heavy atom. The summed E-state index contributed by atoms with van der Waals surface area (Å²) in [6.45, 7) is 2.14. The third-order valence-electron chi connectivity index (χ3n) is 3.55. The highest BCUT2D eigenvalue weighted by Crippen LogP contribution is 2.32. The Morgan fingerprint density at radius 3 is 2.56 bits per heavy atom. The summed E-state index contributed by atoms with van der Waals surface area (Å²) in [4.78, 5) is 26.8. The van der Waals surface area contributed by atoms with Crippen LogP contribution < -0.4 is 14.2 Å². The van der Waals surface area contributed by atoms with Gasteiger partial charge < -0.3 is 9.47 Å². The zero-order valence-electron chi connectivity index (χ0n) is 14.3. The van der Waals surface area contributed by atoms with E-state index in [1.807, 2.05) is 0 Å². The molecule has 0 atom stereocenters. The number of aromatic nitrogens is 1. The van der Waals surface area contributed by atoms with E-state index in [4.69, 9.17) is 9.47 Å². The highest BCUT2D eigenvalue weighted by molar-refractivity contribution is 8.14. The average Bonchev–Trinajstić information content (AvgIpc) is 2.66. The minimum Gasteiger partial charge on any atom is -0.486 e. The van der Waals surface area contributed by atoms with E-state index in [9.17, 15) is 18.0 Å². The predicted molar refractivity (Wildman–Crippen MR) is 99.9 cm³/mol. The maximum Gasteiger partial charge on any atom is 0.263 e. The number of pyridine rings is 1. The van der Waals surface area contributed by atoms with Crippen LogP contribution in [0.3, 0.4) is 0 Å². The molecule has 3 rings (SSSR count). The highest BCUT2D eigenvalue weighted by atomic mass is 32.2. The van der Waals surface area contributed by atoms with Crippen LogP contribution in [0.4, 0.5) is 5.82 Å². The summed E-state index contributed by atoms with van der Waals surface area (Å²) in [5.74, 6) is 0.675. The van der Waals surface area contributed by atoms with Crippen LogP contribution in [0.25, 0.3) is 0 Å². The van der Waals surface area contributed by atoms with E-state index in [1.165, 1.54) is 43.5 Å². The summed E-state index contributed by atoms with van der Waals surface area (Å²) in [7, 11) is -3.88. The van der Waals surface area contributed by atoms with E-state index >= 15 is 0 Å². The summed E-state index contributed by atoms with van der Waals surface area (Å²) in [5.41, 5.74) is 0.297. The highest BCUT2D eigenvalue weighted by Gasteiger charge is 2.20. The SMILES string of the molecule is CC(=O)SCC(=O)c1ccc(NS(=O)(=O)c2ccc3c(c2)OCCO3)nc1. The molecular weight excluding hydrogens is 392 g/mol. The molecule has 2 heterocycles. The fourth-order valence-corrected chi connectivity index (χ4v) is 3.78. The normalized spacial score (nSPS) is 13.1. The topological polar surface area (TPSA) is 112 Å². The van der Waals surface area contributed by atoms with Gasteiger partial charge in [0.25, 0.3) is 10.0 Å². The lowest BCUT2D eigenvalue weighted by Crippen LogP contribution is -2.17. The predicted octanol–water partition coefficient (Wildman–Crippen LogP) is 2.12. The molecule has 1 aliphatic rings. The van der Waals surface area contributed by atoms with E-state index in [-0.39, 0.29) is 27.4 Å². The second-order valence-electron chi connectivity index (χ2n) is 5.55. The first-order chi connectivity index (χ1) is 12.8. The molecular formula is C17H16N2O6S2. The maximum atomic E-state index is 12.5. The largest absolute Gasteiger partial charge is 0.486 e. The fraction of sp³-hybridized carbons (Fsp3) is 0.235. The molecule has 0 saturated heterocycles. The first kappa shape index (κ1) is 19.2. The first-order valence-corrected chi connectivity index (χ1v) is 10.4. The molecule has 2 aromatic rings. The van der Waals surface area contributed by atoms with Crippen LogP contribution in [0.5, 0.6) is 11.5 Å². The van der Waals surface area contributed by atoms with Crippen LogP contribution in [0.1, 0.15) is 17.3 Å². The number of nitrogens with one attached hydrogen (secondary N) is 1. The van der Waals surface area contributed by atoms with Gasteiger partial charge in [-0.25, -0.2) is 13.4 Å². The molecule has 0 fully saturated rings. The molecule has 8 nitrogen and oxygen atoms in total. The van der Waals surface area contributed by atoms with Gasteiger partial charge in [0.05, 0.1) is 10.6 Å². The monoisotopic (exact) mass is 408 g/mol. The number of fused-ring (bicyclic) bond motifs is 1. The van der Waals surface area contributed by atoms with E-state index < -0.39 is 10.0 Å². The van der Waals surface area contributed by atoms with Crippen LogP contribution >= 0.6 is 11.8 Å². The van der Waals surface area contributed by atoms with Crippen LogP contribution in [0.15, 0.2) is 41.4 Å². The number of sulfonamides is 1. The number of rotatable bonds is 6. The third-order valence-corrected chi connectivity index (χ3v) is 5.72. The Hall–Kier alpha value is -2.59. The van der Waals surface area contributed by atoms with Gasteiger partial charge in [-0.2, -0.15) is 0 Å². The Labute approximate surface area is 160 Å². The van der Waals surface area contributed by atoms with Crippen molar-refractivity contribution in [1.29, 1.82) is 0 Å². The molecule has 0 spiro atoms. The van der Waals surface area contributed by atoms with E-state index in [1.54, 1.807) is 0 Å². The molecule has 142 valence electrons. The molecule has 1 aromatic heterocycles. The standard InChI is InChI=1S/C17H16N2O6S2/c1-11(20)26-10-14(21)12-2-5-17(18-9-12)19-27(22,23)13-3-4-15-16(8-13)25-7-6-24-15/h2-5,8-9H,6-7,10H2,1H3,(H,18,19). The summed E-state index contributed by atoms with van der Waals surface area (Å²) < 4.78 is 38.2. The van der Waals surface area contributed by atoms with Gasteiger partial charge in [0.1, 0.15) is 19.0 Å². The second kappa shape index (κ2) is 7.97. The fourth-order valence-electron chi connectivity index (χ4n) is 2.26. The number of carbonyl (C=O) groups is 2. The number of anilines is 1. The molecule has 10 heteroatoms. The Kier molecular flexibility index (Phi) is 5.66. The van der Waals surface area contributed by atoms with E-state index in [2.05, 4.69) is 9.71 Å². The quantitative estimate of drug-likeness (QED) is 0.724. The van der Waals surface area contributed by atoms with Crippen molar-refractivity contribution < 1.29 is 27.5 Å². The number of nitrogens with zero attached hydrogens (tertiary/aromatic N) is 1. The Balaban J connectivity index is 1.72. The molecule has 1 aliphatic heterocycles. The van der Waals surface area contributed by atoms with Crippen LogP contribution in [-0.2, 0) is 14.8 Å². The maximum absolute atomic E-state index is 12.5. The van der Waals surface area contributed by atoms with Crippen LogP contribution in [0.2, 0.25) is 0 Å². The van der Waals surface area contributed by atoms with Crippen molar-refractivity contribution in [3.8, 4) is 11.5 Å². The van der Waals surface area contributed by atoms with Gasteiger partial charge in [-0.1, -0.05) is 11.8 Å². The molecule has 0 unspecified atom stereocenters. The second-order valence-corrected chi connectivity index (χ2v) is 8.38. The van der Waals surface area contributed by atoms with Crippen molar-refractivity contribution in [3.63, 3.8) is 0 Å². The summed E-state index contributed by atoms with van der Waals surface area (Å²) in [5, 5.41) is -0.153. The Morgan fingerprint density at radius 1 is 1.15 bits per heavy atom. The number of benzene rings is 1. The molecule has 27 heavy (non-hydrogen) atoms. The molecule has 0 saturated carbocycles. The zero-order chi connectivity index (χ0) is 19.4. The van der Waals surface area contributed by atoms with Gasteiger partial charge in [0.15, 0.2) is 22.4 Å². The number of Topliss-reactive ketones (excluding diaryl/α,β-unsaturated/α-hetero) is 1. The lowest BCUT2D eigenvalue weighted by molar-refractivity contribution is -0.109. The van der Waals surface area contributed by atoms with Crippen molar-refractivity contribution >= 4 is 38.5 Å². The first-order valence-electron chi connectivity index (χ1n) is 7.90. The van der Waals surface area contributed by atoms with Crippen molar-refractivity contribution in [1.82, 2.24) is 4.98 Å². The number of ketones is 1. The smallest absolute Gasteiger partial charge is 0.263 e. The number of ether oxygens (including phenoxy) is 2.